The van der Waals surface area contributed by atoms with Crippen LogP contribution >= 0.6 is 0 Å². The van der Waals surface area contributed by atoms with Gasteiger partial charge in [-0.3, -0.25) is 0 Å². The lowest BCUT2D eigenvalue weighted by atomic mass is 10.1. The van der Waals surface area contributed by atoms with Crippen LogP contribution in [-0.4, -0.2) is 29.5 Å². The number of fused-ring (bicyclic) bond motifs is 1. The Balaban J connectivity index is 2.15. The van der Waals surface area contributed by atoms with Crippen molar-refractivity contribution in [2.24, 2.45) is 0 Å². The van der Waals surface area contributed by atoms with E-state index >= 15 is 0 Å². The van der Waals surface area contributed by atoms with Crippen LogP contribution in [0.2, 0.25) is 0 Å². The van der Waals surface area contributed by atoms with Crippen LogP contribution in [-0.2, 0) is 6.42 Å². The molecule has 0 unspecified atom stereocenters. The fourth-order valence-electron chi connectivity index (χ4n) is 2.40. The Morgan fingerprint density at radius 2 is 1.84 bits per heavy atom. The van der Waals surface area contributed by atoms with Gasteiger partial charge in [0.15, 0.2) is 11.6 Å². The smallest absolute Gasteiger partial charge is 0.160 e. The minimum Gasteiger partial charge on any atom is -0.361 e. The second-order valence-corrected chi connectivity index (χ2v) is 4.81. The van der Waals surface area contributed by atoms with E-state index in [-0.39, 0.29) is 0 Å². The molecule has 0 atom stereocenters. The molecule has 0 radical (unpaired) electrons. The number of hydrogen-bond donors (Lipinski definition) is 1. The van der Waals surface area contributed by atoms with Gasteiger partial charge in [0.05, 0.1) is 0 Å². The van der Waals surface area contributed by atoms with Gasteiger partial charge in [-0.2, -0.15) is 0 Å². The molecule has 0 amide bonds. The van der Waals surface area contributed by atoms with Crippen LogP contribution in [0.4, 0.5) is 8.78 Å². The summed E-state index contributed by atoms with van der Waals surface area (Å²) in [6.07, 6.45) is 3.82. The van der Waals surface area contributed by atoms with Crippen molar-refractivity contribution in [3.8, 4) is 0 Å². The first-order valence-corrected chi connectivity index (χ1v) is 6.83. The van der Waals surface area contributed by atoms with Gasteiger partial charge in [-0.25, -0.2) is 8.78 Å². The van der Waals surface area contributed by atoms with E-state index in [2.05, 4.69) is 23.7 Å². The number of rotatable bonds is 6. The van der Waals surface area contributed by atoms with Crippen LogP contribution in [0, 0.1) is 11.6 Å². The molecule has 0 fully saturated rings. The summed E-state index contributed by atoms with van der Waals surface area (Å²) in [4.78, 5) is 5.36. The zero-order valence-corrected chi connectivity index (χ0v) is 11.5. The van der Waals surface area contributed by atoms with Crippen LogP contribution < -0.4 is 0 Å². The summed E-state index contributed by atoms with van der Waals surface area (Å²) in [5, 5.41) is 0.784. The molecule has 0 aliphatic rings. The van der Waals surface area contributed by atoms with Crippen molar-refractivity contribution < 1.29 is 8.78 Å². The normalized spacial score (nSPS) is 11.6. The predicted octanol–water partition coefficient (Wildman–Crippen LogP) is 3.72. The predicted molar refractivity (Wildman–Crippen MR) is 74.3 cm³/mol. The maximum Gasteiger partial charge on any atom is 0.160 e. The highest BCUT2D eigenvalue weighted by molar-refractivity contribution is 5.83. The first kappa shape index (κ1) is 14.0. The average molecular weight is 266 g/mol. The molecule has 1 heterocycles. The molecule has 0 spiro atoms. The summed E-state index contributed by atoms with van der Waals surface area (Å²) in [7, 11) is 0. The third-order valence-electron chi connectivity index (χ3n) is 3.49. The van der Waals surface area contributed by atoms with Gasteiger partial charge in [0.2, 0.25) is 0 Å². The molecule has 19 heavy (non-hydrogen) atoms. The van der Waals surface area contributed by atoms with Gasteiger partial charge in [0.1, 0.15) is 0 Å². The summed E-state index contributed by atoms with van der Waals surface area (Å²) >= 11 is 0. The quantitative estimate of drug-likeness (QED) is 0.844. The van der Waals surface area contributed by atoms with Crippen LogP contribution in [0.5, 0.6) is 0 Å². The van der Waals surface area contributed by atoms with Gasteiger partial charge < -0.3 is 9.88 Å². The highest BCUT2D eigenvalue weighted by atomic mass is 19.2. The summed E-state index contributed by atoms with van der Waals surface area (Å²) in [6, 6.07) is 2.50. The summed E-state index contributed by atoms with van der Waals surface area (Å²) in [6.45, 7) is 7.32. The SMILES string of the molecule is CCCN(CC)CCc1c[nH]c2cc(F)c(F)cc12. The number of nitrogens with one attached hydrogen (secondary N) is 1. The number of hydrogen-bond acceptors (Lipinski definition) is 1. The Kier molecular flexibility index (Phi) is 4.53. The van der Waals surface area contributed by atoms with Crippen molar-refractivity contribution in [1.82, 2.24) is 9.88 Å². The van der Waals surface area contributed by atoms with Crippen molar-refractivity contribution in [3.63, 3.8) is 0 Å². The highest BCUT2D eigenvalue weighted by Crippen LogP contribution is 2.22. The number of aromatic nitrogens is 1. The van der Waals surface area contributed by atoms with Crippen LogP contribution in [0.25, 0.3) is 10.9 Å². The lowest BCUT2D eigenvalue weighted by Gasteiger charge is -2.18. The van der Waals surface area contributed by atoms with Crippen LogP contribution in [0.3, 0.4) is 0 Å². The summed E-state index contributed by atoms with van der Waals surface area (Å²) < 4.78 is 26.4. The van der Waals surface area contributed by atoms with E-state index in [9.17, 15) is 8.78 Å². The third kappa shape index (κ3) is 3.13. The van der Waals surface area contributed by atoms with Gasteiger partial charge in [0, 0.05) is 29.7 Å². The Hall–Kier alpha value is -1.42. The van der Waals surface area contributed by atoms with Crippen LogP contribution in [0.1, 0.15) is 25.8 Å². The fraction of sp³-hybridized carbons (Fsp3) is 0.467. The molecule has 2 rings (SSSR count). The van der Waals surface area contributed by atoms with Gasteiger partial charge in [0.25, 0.3) is 0 Å². The zero-order chi connectivity index (χ0) is 13.8. The van der Waals surface area contributed by atoms with Gasteiger partial charge in [-0.15, -0.1) is 0 Å². The molecular weight excluding hydrogens is 246 g/mol. The Morgan fingerprint density at radius 1 is 1.11 bits per heavy atom. The zero-order valence-electron chi connectivity index (χ0n) is 11.5. The maximum absolute atomic E-state index is 13.3. The Morgan fingerprint density at radius 3 is 2.53 bits per heavy atom. The number of likely N-dealkylation sites (N-methyl/N-ethyl adjacent to an activating group) is 1. The number of nitrogens with zero attached hydrogens (tertiary/aromatic N) is 1. The van der Waals surface area contributed by atoms with E-state index in [4.69, 9.17) is 0 Å². The molecule has 2 aromatic rings. The number of H-pyrrole nitrogens is 1. The summed E-state index contributed by atoms with van der Waals surface area (Å²) in [5.41, 5.74) is 1.70. The van der Waals surface area contributed by atoms with Crippen molar-refractivity contribution in [2.75, 3.05) is 19.6 Å². The monoisotopic (exact) mass is 266 g/mol. The van der Waals surface area contributed by atoms with E-state index in [1.807, 2.05) is 6.20 Å². The van der Waals surface area contributed by atoms with E-state index in [1.54, 1.807) is 0 Å². The van der Waals surface area contributed by atoms with Gasteiger partial charge in [-0.05, 0) is 37.6 Å². The molecule has 0 aliphatic heterocycles. The molecule has 0 aliphatic carbocycles. The van der Waals surface area contributed by atoms with E-state index < -0.39 is 11.6 Å². The fourth-order valence-corrected chi connectivity index (χ4v) is 2.40. The molecule has 0 saturated heterocycles. The molecule has 4 heteroatoms. The van der Waals surface area contributed by atoms with E-state index in [0.717, 1.165) is 43.4 Å². The Labute approximate surface area is 112 Å². The van der Waals surface area contributed by atoms with Gasteiger partial charge >= 0.3 is 0 Å². The topological polar surface area (TPSA) is 19.0 Å². The van der Waals surface area contributed by atoms with Crippen molar-refractivity contribution in [2.45, 2.75) is 26.7 Å². The first-order chi connectivity index (χ1) is 9.15. The van der Waals surface area contributed by atoms with Crippen molar-refractivity contribution in [3.05, 3.63) is 35.5 Å². The largest absolute Gasteiger partial charge is 0.361 e. The third-order valence-corrected chi connectivity index (χ3v) is 3.49. The molecule has 0 saturated carbocycles. The minimum atomic E-state index is -0.804. The average Bonchev–Trinajstić information content (AvgIpc) is 2.77. The van der Waals surface area contributed by atoms with Gasteiger partial charge in [-0.1, -0.05) is 13.8 Å². The van der Waals surface area contributed by atoms with E-state index in [1.165, 1.54) is 12.1 Å². The lowest BCUT2D eigenvalue weighted by molar-refractivity contribution is 0.293. The molecular formula is C15H20F2N2. The standard InChI is InChI=1S/C15H20F2N2/c1-3-6-19(4-2)7-5-11-10-18-15-9-14(17)13(16)8-12(11)15/h8-10,18H,3-7H2,1-2H3. The molecule has 2 nitrogen and oxygen atoms in total. The molecule has 1 aromatic heterocycles. The van der Waals surface area contributed by atoms with Crippen molar-refractivity contribution in [1.29, 1.82) is 0 Å². The number of benzene rings is 1. The lowest BCUT2D eigenvalue weighted by Crippen LogP contribution is -2.26. The minimum absolute atomic E-state index is 0.660. The molecule has 1 aromatic carbocycles. The molecule has 1 N–H and O–H groups in total. The number of halogens is 2. The van der Waals surface area contributed by atoms with Crippen molar-refractivity contribution >= 4 is 10.9 Å². The molecule has 104 valence electrons. The number of aromatic amines is 1. The summed E-state index contributed by atoms with van der Waals surface area (Å²) in [5.74, 6) is -1.59. The molecule has 0 bridgehead atoms. The second kappa shape index (κ2) is 6.15. The van der Waals surface area contributed by atoms with Crippen LogP contribution in [0.15, 0.2) is 18.3 Å². The first-order valence-electron chi connectivity index (χ1n) is 6.83. The maximum atomic E-state index is 13.3. The highest BCUT2D eigenvalue weighted by Gasteiger charge is 2.10. The Bertz CT molecular complexity index is 548. The second-order valence-electron chi connectivity index (χ2n) is 4.81. The van der Waals surface area contributed by atoms with E-state index in [0.29, 0.717) is 5.52 Å².